The molecule has 0 spiro atoms. The first-order valence-corrected chi connectivity index (χ1v) is 29.6. The van der Waals surface area contributed by atoms with Gasteiger partial charge in [-0.1, -0.05) is 161 Å². The Morgan fingerprint density at radius 1 is 0.680 bits per heavy atom. The molecule has 9 aromatic carbocycles. The molecular formula is C68H60FIrN3SSi-2. The standard InChI is InChI=1S/C43H30FN2S.C25H30NSi.Ir/c1-24-20-29(28-12-6-5-7-13-28)21-25(2)41(24)46-38-23-34-27(4)26(3)30-14-8-9-15-31(30)35(34)22-37(38)45-43(46)33-18-19-36(44)40-32-16-10-11-17-39(32)47-42(33)40;1-18-12-14-22(15-13-18)24-16-23(25(17-26-24)27(4,5)6)20(3)19(2)21-10-8-7-9-11-21;/h5-17,19-23H,1-4H3;7-14,16-17,19-20H,1-6H3;/q2*-1;/i;1D3,20D;. The number of hydrogen-bond acceptors (Lipinski definition) is 3. The molecule has 75 heavy (non-hydrogen) atoms. The number of hydrogen-bond donors (Lipinski definition) is 0. The number of thiophene rings is 1. The number of benzene rings is 9. The summed E-state index contributed by atoms with van der Waals surface area (Å²) in [5, 5.41) is 7.62. The zero-order chi connectivity index (χ0) is 55.0. The molecule has 0 amide bonds. The number of pyridine rings is 1. The van der Waals surface area contributed by atoms with Gasteiger partial charge in [0, 0.05) is 48.0 Å². The predicted octanol–water partition coefficient (Wildman–Crippen LogP) is 18.5. The van der Waals surface area contributed by atoms with E-state index in [0.29, 0.717) is 11.1 Å². The molecular weight excluding hydrogens is 1130 g/mol. The van der Waals surface area contributed by atoms with Crippen molar-refractivity contribution in [3.05, 3.63) is 227 Å². The second-order valence-corrected chi connectivity index (χ2v) is 26.9. The molecule has 0 aliphatic heterocycles. The molecule has 12 rings (SSSR count). The summed E-state index contributed by atoms with van der Waals surface area (Å²) in [5.41, 5.74) is 14.9. The summed E-state index contributed by atoms with van der Waals surface area (Å²) >= 11 is 1.60. The Morgan fingerprint density at radius 3 is 2.01 bits per heavy atom. The minimum absolute atomic E-state index is 0. The number of halogens is 1. The number of imidazole rings is 1. The topological polar surface area (TPSA) is 30.7 Å². The zero-order valence-electron chi connectivity index (χ0n) is 47.7. The number of rotatable bonds is 8. The van der Waals surface area contributed by atoms with Crippen molar-refractivity contribution in [2.75, 3.05) is 0 Å². The van der Waals surface area contributed by atoms with Gasteiger partial charge in [0.2, 0.25) is 0 Å². The van der Waals surface area contributed by atoms with E-state index in [1.165, 1.54) is 61.1 Å². The van der Waals surface area contributed by atoms with Crippen LogP contribution < -0.4 is 5.19 Å². The first kappa shape index (κ1) is 46.7. The largest absolute Gasteiger partial charge is 0.333 e. The van der Waals surface area contributed by atoms with Gasteiger partial charge in [0.25, 0.3) is 0 Å². The number of fused-ring (bicyclic) bond motifs is 7. The molecule has 3 heterocycles. The van der Waals surface area contributed by atoms with Crippen molar-refractivity contribution in [1.82, 2.24) is 14.5 Å². The van der Waals surface area contributed by atoms with Gasteiger partial charge in [-0.3, -0.25) is 9.37 Å². The average molecular weight is 1190 g/mol. The number of aryl methyl sites for hydroxylation is 5. The Kier molecular flexibility index (Phi) is 12.9. The van der Waals surface area contributed by atoms with Crippen LogP contribution in [0.5, 0.6) is 0 Å². The smallest absolute Gasteiger partial charge is 0.0799 e. The summed E-state index contributed by atoms with van der Waals surface area (Å²) in [4.78, 5) is 10.1. The van der Waals surface area contributed by atoms with Gasteiger partial charge in [-0.05, 0) is 157 Å². The summed E-state index contributed by atoms with van der Waals surface area (Å²) in [6.45, 7) is 17.5. The fourth-order valence-corrected chi connectivity index (χ4v) is 13.6. The Balaban J connectivity index is 0.000000192. The molecule has 0 aliphatic carbocycles. The minimum atomic E-state index is -2.15. The van der Waals surface area contributed by atoms with Gasteiger partial charge < -0.3 is 9.55 Å². The third-order valence-corrected chi connectivity index (χ3v) is 18.2. The van der Waals surface area contributed by atoms with Gasteiger partial charge >= 0.3 is 0 Å². The van der Waals surface area contributed by atoms with Crippen molar-refractivity contribution in [3.8, 4) is 39.5 Å². The van der Waals surface area contributed by atoms with Crippen LogP contribution in [0.25, 0.3) is 92.2 Å². The summed E-state index contributed by atoms with van der Waals surface area (Å²) in [5.74, 6) is -0.357. The summed E-state index contributed by atoms with van der Waals surface area (Å²) in [7, 11) is -1.76. The van der Waals surface area contributed by atoms with Crippen molar-refractivity contribution in [3.63, 3.8) is 0 Å². The van der Waals surface area contributed by atoms with Gasteiger partial charge in [0.15, 0.2) is 0 Å². The fourth-order valence-electron chi connectivity index (χ4n) is 10.8. The van der Waals surface area contributed by atoms with E-state index in [0.717, 1.165) is 70.7 Å². The first-order chi connectivity index (χ1) is 37.2. The second-order valence-electron chi connectivity index (χ2n) is 20.8. The van der Waals surface area contributed by atoms with Crippen molar-refractivity contribution in [1.29, 1.82) is 0 Å². The van der Waals surface area contributed by atoms with Crippen LogP contribution in [0, 0.1) is 52.5 Å². The van der Waals surface area contributed by atoms with Crippen LogP contribution in [0.4, 0.5) is 4.39 Å². The van der Waals surface area contributed by atoms with Gasteiger partial charge in [-0.25, -0.2) is 0 Å². The maximum atomic E-state index is 15.6. The van der Waals surface area contributed by atoms with Crippen molar-refractivity contribution in [2.24, 2.45) is 0 Å². The van der Waals surface area contributed by atoms with Crippen molar-refractivity contribution in [2.45, 2.75) is 79.8 Å². The molecule has 7 heteroatoms. The van der Waals surface area contributed by atoms with E-state index in [-0.39, 0.29) is 37.4 Å². The molecule has 1 radical (unpaired) electrons. The van der Waals surface area contributed by atoms with E-state index in [1.54, 1.807) is 23.5 Å². The van der Waals surface area contributed by atoms with E-state index >= 15 is 4.39 Å². The van der Waals surface area contributed by atoms with Crippen LogP contribution in [0.1, 0.15) is 70.1 Å². The van der Waals surface area contributed by atoms with Gasteiger partial charge in [0.1, 0.15) is 0 Å². The molecule has 0 N–H and O–H groups in total. The number of aromatic nitrogens is 3. The second kappa shape index (κ2) is 20.7. The summed E-state index contributed by atoms with van der Waals surface area (Å²) < 4.78 is 51.9. The Labute approximate surface area is 465 Å². The maximum Gasteiger partial charge on any atom is 0.0799 e. The number of nitrogens with zero attached hydrogens (tertiary/aromatic N) is 3. The Bertz CT molecular complexity index is 4260. The predicted molar refractivity (Wildman–Crippen MR) is 317 cm³/mol. The molecule has 0 fully saturated rings. The molecule has 2 atom stereocenters. The zero-order valence-corrected chi connectivity index (χ0v) is 47.9. The molecule has 2 unspecified atom stereocenters. The summed E-state index contributed by atoms with van der Waals surface area (Å²) in [6, 6.07) is 61.3. The Hall–Kier alpha value is -6.86. The van der Waals surface area contributed by atoms with Crippen LogP contribution in [-0.2, 0) is 20.1 Å². The van der Waals surface area contributed by atoms with E-state index in [4.69, 9.17) is 14.1 Å². The van der Waals surface area contributed by atoms with Gasteiger partial charge in [0.05, 0.1) is 24.9 Å². The fraction of sp³-hybridized carbons (Fsp3) is 0.176. The van der Waals surface area contributed by atoms with Gasteiger partial charge in [-0.15, -0.1) is 47.5 Å². The monoisotopic (exact) mass is 1190 g/mol. The van der Waals surface area contributed by atoms with E-state index < -0.39 is 20.8 Å². The molecule has 3 aromatic heterocycles. The molecule has 3 nitrogen and oxygen atoms in total. The normalized spacial score (nSPS) is 13.9. The Morgan fingerprint density at radius 2 is 1.33 bits per heavy atom. The quantitative estimate of drug-likeness (QED) is 0.0862. The van der Waals surface area contributed by atoms with Crippen LogP contribution in [0.3, 0.4) is 0 Å². The SMILES string of the molecule is Cc1cc(-c2ccccc2)cc(C)c1-n1c(-c2[c-]cc(F)c3c2sc2ccccc23)nc2cc3c(cc21)c(C)c(C)c1ccccc13.[2H]C([2H])([2H])c1c[c-]c(-c2cc(C([2H])(C)C(C)c3ccccc3)c([Si](C)(C)C)cn2)cc1.[Ir]. The third-order valence-electron chi connectivity index (χ3n) is 15.0. The van der Waals surface area contributed by atoms with Crippen LogP contribution in [-0.4, -0.2) is 22.6 Å². The van der Waals surface area contributed by atoms with E-state index in [2.05, 4.69) is 162 Å². The van der Waals surface area contributed by atoms with Crippen molar-refractivity contribution < 1.29 is 30.0 Å². The van der Waals surface area contributed by atoms with Crippen molar-refractivity contribution >= 4 is 77.3 Å². The van der Waals surface area contributed by atoms with Crippen LogP contribution in [0.2, 0.25) is 19.6 Å². The molecule has 0 bridgehead atoms. The van der Waals surface area contributed by atoms with Crippen LogP contribution >= 0.6 is 11.3 Å². The summed E-state index contributed by atoms with van der Waals surface area (Å²) in [6.07, 6.45) is 1.92. The molecule has 0 saturated carbocycles. The molecule has 12 aromatic rings. The maximum absolute atomic E-state index is 15.6. The molecule has 375 valence electrons. The van der Waals surface area contributed by atoms with E-state index in [1.807, 2.05) is 61.7 Å². The van der Waals surface area contributed by atoms with Crippen LogP contribution in [0.15, 0.2) is 170 Å². The third kappa shape index (κ3) is 9.50. The van der Waals surface area contributed by atoms with Gasteiger partial charge in [-0.2, -0.15) is 11.3 Å². The average Bonchev–Trinajstić information content (AvgIpc) is 4.24. The first-order valence-electron chi connectivity index (χ1n) is 27.3. The van der Waals surface area contributed by atoms with E-state index in [9.17, 15) is 1.37 Å². The molecule has 0 saturated heterocycles. The minimum Gasteiger partial charge on any atom is -0.333 e. The molecule has 0 aliphatic rings.